The average molecular weight is 247 g/mol. The SMILES string of the molecule is C=CCOC(=O)NCCCCSCC(=O)O. The van der Waals surface area contributed by atoms with E-state index in [4.69, 9.17) is 9.84 Å². The Balaban J connectivity index is 3.17. The molecule has 92 valence electrons. The standard InChI is InChI=1S/C10H17NO4S/c1-2-6-15-10(14)11-5-3-4-7-16-8-9(12)13/h2H,1,3-8H2,(H,11,14)(H,12,13). The zero-order chi connectivity index (χ0) is 12.2. The second kappa shape index (κ2) is 10.4. The van der Waals surface area contributed by atoms with E-state index in [1.807, 2.05) is 0 Å². The van der Waals surface area contributed by atoms with Crippen LogP contribution in [-0.4, -0.2) is 41.8 Å². The highest BCUT2D eigenvalue weighted by molar-refractivity contribution is 7.99. The molecule has 0 aromatic heterocycles. The number of amides is 1. The summed E-state index contributed by atoms with van der Waals surface area (Å²) in [6.07, 6.45) is 2.75. The van der Waals surface area contributed by atoms with Crippen LogP contribution in [0, 0.1) is 0 Å². The molecule has 0 heterocycles. The van der Waals surface area contributed by atoms with Crippen molar-refractivity contribution in [2.75, 3.05) is 24.7 Å². The lowest BCUT2D eigenvalue weighted by Crippen LogP contribution is -2.25. The number of alkyl carbamates (subject to hydrolysis) is 1. The largest absolute Gasteiger partial charge is 0.481 e. The van der Waals surface area contributed by atoms with Crippen molar-refractivity contribution >= 4 is 23.8 Å². The van der Waals surface area contributed by atoms with E-state index in [0.29, 0.717) is 6.54 Å². The summed E-state index contributed by atoms with van der Waals surface area (Å²) in [7, 11) is 0. The second-order valence-electron chi connectivity index (χ2n) is 2.97. The number of carbonyl (C=O) groups excluding carboxylic acids is 1. The molecule has 0 aliphatic heterocycles. The fourth-order valence-corrected chi connectivity index (χ4v) is 1.59. The summed E-state index contributed by atoms with van der Waals surface area (Å²) < 4.78 is 4.70. The molecule has 2 N–H and O–H groups in total. The minimum Gasteiger partial charge on any atom is -0.481 e. The fraction of sp³-hybridized carbons (Fsp3) is 0.600. The van der Waals surface area contributed by atoms with Crippen LogP contribution in [0.2, 0.25) is 0 Å². The number of rotatable bonds is 9. The van der Waals surface area contributed by atoms with Crippen LogP contribution in [0.25, 0.3) is 0 Å². The Hall–Kier alpha value is -1.17. The molecule has 0 bridgehead atoms. The van der Waals surface area contributed by atoms with Gasteiger partial charge in [-0.15, -0.1) is 0 Å². The molecule has 0 aliphatic carbocycles. The van der Waals surface area contributed by atoms with Gasteiger partial charge in [0.15, 0.2) is 0 Å². The van der Waals surface area contributed by atoms with Crippen molar-refractivity contribution in [1.82, 2.24) is 5.32 Å². The maximum absolute atomic E-state index is 10.9. The molecule has 6 heteroatoms. The van der Waals surface area contributed by atoms with E-state index in [0.717, 1.165) is 18.6 Å². The summed E-state index contributed by atoms with van der Waals surface area (Å²) >= 11 is 1.38. The quantitative estimate of drug-likeness (QED) is 0.477. The fourth-order valence-electron chi connectivity index (χ4n) is 0.865. The van der Waals surface area contributed by atoms with Crippen molar-refractivity contribution in [3.05, 3.63) is 12.7 Å². The average Bonchev–Trinajstić information content (AvgIpc) is 2.24. The first kappa shape index (κ1) is 14.8. The van der Waals surface area contributed by atoms with E-state index in [9.17, 15) is 9.59 Å². The molecule has 0 aliphatic rings. The summed E-state index contributed by atoms with van der Waals surface area (Å²) in [6, 6.07) is 0. The Morgan fingerprint density at radius 1 is 1.44 bits per heavy atom. The highest BCUT2D eigenvalue weighted by Crippen LogP contribution is 2.03. The Morgan fingerprint density at radius 2 is 2.19 bits per heavy atom. The minimum atomic E-state index is -0.795. The van der Waals surface area contributed by atoms with Gasteiger partial charge in [-0.25, -0.2) is 4.79 Å². The third kappa shape index (κ3) is 10.9. The maximum atomic E-state index is 10.9. The van der Waals surface area contributed by atoms with E-state index in [2.05, 4.69) is 11.9 Å². The number of carboxylic acid groups (broad SMARTS) is 1. The predicted octanol–water partition coefficient (Wildman–Crippen LogP) is 1.50. The van der Waals surface area contributed by atoms with Gasteiger partial charge in [0.05, 0.1) is 5.75 Å². The molecule has 0 spiro atoms. The molecule has 0 rings (SSSR count). The number of ether oxygens (including phenoxy) is 1. The molecule has 0 aromatic carbocycles. The molecular weight excluding hydrogens is 230 g/mol. The first-order valence-electron chi connectivity index (χ1n) is 4.98. The van der Waals surface area contributed by atoms with Gasteiger partial charge in [0, 0.05) is 6.54 Å². The van der Waals surface area contributed by atoms with Crippen LogP contribution in [-0.2, 0) is 9.53 Å². The molecule has 16 heavy (non-hydrogen) atoms. The molecule has 0 unspecified atom stereocenters. The van der Waals surface area contributed by atoms with E-state index in [1.54, 1.807) is 0 Å². The summed E-state index contributed by atoms with van der Waals surface area (Å²) in [6.45, 7) is 4.18. The van der Waals surface area contributed by atoms with Crippen molar-refractivity contribution in [1.29, 1.82) is 0 Å². The van der Waals surface area contributed by atoms with Gasteiger partial charge in [0.25, 0.3) is 0 Å². The van der Waals surface area contributed by atoms with Crippen LogP contribution < -0.4 is 5.32 Å². The van der Waals surface area contributed by atoms with Gasteiger partial charge in [-0.2, -0.15) is 11.8 Å². The molecule has 1 amide bonds. The van der Waals surface area contributed by atoms with Crippen molar-refractivity contribution in [2.45, 2.75) is 12.8 Å². The highest BCUT2D eigenvalue weighted by atomic mass is 32.2. The van der Waals surface area contributed by atoms with Crippen LogP contribution in [0.5, 0.6) is 0 Å². The van der Waals surface area contributed by atoms with Gasteiger partial charge in [-0.1, -0.05) is 12.7 Å². The van der Waals surface area contributed by atoms with Gasteiger partial charge in [-0.3, -0.25) is 4.79 Å². The lowest BCUT2D eigenvalue weighted by Gasteiger charge is -2.04. The number of nitrogens with one attached hydrogen (secondary N) is 1. The monoisotopic (exact) mass is 247 g/mol. The molecule has 0 atom stereocenters. The number of hydrogen-bond acceptors (Lipinski definition) is 4. The van der Waals surface area contributed by atoms with Crippen LogP contribution >= 0.6 is 11.8 Å². The van der Waals surface area contributed by atoms with Crippen LogP contribution in [0.15, 0.2) is 12.7 Å². The molecule has 0 aromatic rings. The van der Waals surface area contributed by atoms with Crippen molar-refractivity contribution in [3.63, 3.8) is 0 Å². The first-order chi connectivity index (χ1) is 7.66. The van der Waals surface area contributed by atoms with Crippen LogP contribution in [0.3, 0.4) is 0 Å². The Kier molecular flexibility index (Phi) is 9.59. The van der Waals surface area contributed by atoms with Gasteiger partial charge in [-0.05, 0) is 18.6 Å². The molecular formula is C10H17NO4S. The Labute approximate surface area is 99.2 Å². The molecule has 0 radical (unpaired) electrons. The van der Waals surface area contributed by atoms with Crippen LogP contribution in [0.1, 0.15) is 12.8 Å². The summed E-state index contributed by atoms with van der Waals surface area (Å²) in [5.74, 6) is 0.126. The molecule has 0 fully saturated rings. The van der Waals surface area contributed by atoms with E-state index in [1.165, 1.54) is 17.8 Å². The number of hydrogen-bond donors (Lipinski definition) is 2. The van der Waals surface area contributed by atoms with E-state index in [-0.39, 0.29) is 12.4 Å². The summed E-state index contributed by atoms with van der Waals surface area (Å²) in [5, 5.41) is 11.0. The lowest BCUT2D eigenvalue weighted by atomic mass is 10.3. The second-order valence-corrected chi connectivity index (χ2v) is 4.07. The molecule has 5 nitrogen and oxygen atoms in total. The normalized spacial score (nSPS) is 9.50. The number of carboxylic acids is 1. The Morgan fingerprint density at radius 3 is 2.81 bits per heavy atom. The topological polar surface area (TPSA) is 75.6 Å². The lowest BCUT2D eigenvalue weighted by molar-refractivity contribution is -0.133. The van der Waals surface area contributed by atoms with Crippen molar-refractivity contribution in [2.24, 2.45) is 0 Å². The third-order valence-corrected chi connectivity index (χ3v) is 2.57. The minimum absolute atomic E-state index is 0.134. The smallest absolute Gasteiger partial charge is 0.407 e. The number of aliphatic carboxylic acids is 1. The Bertz CT molecular complexity index is 233. The zero-order valence-electron chi connectivity index (χ0n) is 9.11. The highest BCUT2D eigenvalue weighted by Gasteiger charge is 1.99. The van der Waals surface area contributed by atoms with Gasteiger partial charge in [0.2, 0.25) is 0 Å². The zero-order valence-corrected chi connectivity index (χ0v) is 9.92. The number of carbonyl (C=O) groups is 2. The summed E-state index contributed by atoms with van der Waals surface area (Å²) in [5.41, 5.74) is 0. The van der Waals surface area contributed by atoms with E-state index >= 15 is 0 Å². The van der Waals surface area contributed by atoms with Crippen molar-refractivity contribution in [3.8, 4) is 0 Å². The van der Waals surface area contributed by atoms with E-state index < -0.39 is 12.1 Å². The molecule has 0 saturated carbocycles. The van der Waals surface area contributed by atoms with Gasteiger partial charge < -0.3 is 15.2 Å². The third-order valence-electron chi connectivity index (χ3n) is 1.54. The van der Waals surface area contributed by atoms with Gasteiger partial charge >= 0.3 is 12.1 Å². The summed E-state index contributed by atoms with van der Waals surface area (Å²) in [4.78, 5) is 21.1. The number of unbranched alkanes of at least 4 members (excludes halogenated alkanes) is 1. The van der Waals surface area contributed by atoms with Crippen LogP contribution in [0.4, 0.5) is 4.79 Å². The van der Waals surface area contributed by atoms with Crippen molar-refractivity contribution < 1.29 is 19.4 Å². The first-order valence-corrected chi connectivity index (χ1v) is 6.13. The maximum Gasteiger partial charge on any atom is 0.407 e. The molecule has 0 saturated heterocycles. The van der Waals surface area contributed by atoms with Gasteiger partial charge in [0.1, 0.15) is 6.61 Å². The number of thioether (sulfide) groups is 1. The predicted molar refractivity (Wildman–Crippen MR) is 63.7 cm³/mol.